The van der Waals surface area contributed by atoms with Crippen LogP contribution >= 0.6 is 11.3 Å². The molecule has 4 rings (SSSR count). The van der Waals surface area contributed by atoms with Gasteiger partial charge < -0.3 is 25.2 Å². The number of nitrogens with one attached hydrogen (secondary N) is 3. The number of ether oxygens (including phenoxy) is 2. The van der Waals surface area contributed by atoms with E-state index >= 15 is 0 Å². The summed E-state index contributed by atoms with van der Waals surface area (Å²) >= 11 is 1.50. The molecule has 0 aliphatic heterocycles. The lowest BCUT2D eigenvalue weighted by molar-refractivity contribution is 0.116. The van der Waals surface area contributed by atoms with Gasteiger partial charge in [-0.1, -0.05) is 24.2 Å². The number of carbonyl (C=O) groups is 1. The number of thiazole rings is 1. The van der Waals surface area contributed by atoms with Gasteiger partial charge in [0.1, 0.15) is 23.6 Å². The predicted molar refractivity (Wildman–Crippen MR) is 122 cm³/mol. The Morgan fingerprint density at radius 1 is 1.28 bits per heavy atom. The Bertz CT molecular complexity index is 1090. The third-order valence-electron chi connectivity index (χ3n) is 5.24. The van der Waals surface area contributed by atoms with Crippen molar-refractivity contribution in [3.8, 4) is 11.5 Å². The van der Waals surface area contributed by atoms with Crippen molar-refractivity contribution in [1.29, 1.82) is 0 Å². The number of aliphatic hydroxyl groups excluding tert-OH is 1. The zero-order chi connectivity index (χ0) is 22.5. The average molecular weight is 459 g/mol. The predicted octanol–water partition coefficient (Wildman–Crippen LogP) is 3.14. The van der Waals surface area contributed by atoms with Crippen molar-refractivity contribution >= 4 is 38.7 Å². The van der Waals surface area contributed by atoms with Gasteiger partial charge in [-0.25, -0.2) is 19.7 Å². The Hall–Kier alpha value is -3.18. The lowest BCUT2D eigenvalue weighted by atomic mass is 9.93. The van der Waals surface area contributed by atoms with E-state index in [1.54, 1.807) is 25.4 Å². The molecule has 0 saturated heterocycles. The molecule has 4 N–H and O–H groups in total. The summed E-state index contributed by atoms with van der Waals surface area (Å²) in [5.41, 5.74) is 1.36. The highest BCUT2D eigenvalue weighted by atomic mass is 32.1. The van der Waals surface area contributed by atoms with Crippen molar-refractivity contribution in [1.82, 2.24) is 20.3 Å². The summed E-state index contributed by atoms with van der Waals surface area (Å²) in [4.78, 5) is 24.4. The molecule has 0 unspecified atom stereocenters. The van der Waals surface area contributed by atoms with Gasteiger partial charge in [0.15, 0.2) is 5.13 Å². The van der Waals surface area contributed by atoms with Crippen molar-refractivity contribution in [3.05, 3.63) is 30.1 Å². The first kappa shape index (κ1) is 22.0. The molecule has 2 amide bonds. The number of fused-ring (bicyclic) bond motifs is 1. The Morgan fingerprint density at radius 2 is 2.12 bits per heavy atom. The quantitative estimate of drug-likeness (QED) is 0.425. The summed E-state index contributed by atoms with van der Waals surface area (Å²) in [5.74, 6) is 1.42. The number of anilines is 2. The molecule has 1 aromatic carbocycles. The van der Waals surface area contributed by atoms with Gasteiger partial charge in [0.2, 0.25) is 5.95 Å². The molecule has 2 heterocycles. The fraction of sp³-hybridized carbons (Fsp3) is 0.429. The smallest absolute Gasteiger partial charge is 0.321 e. The molecule has 0 radical (unpaired) electrons. The zero-order valence-corrected chi connectivity index (χ0v) is 18.7. The van der Waals surface area contributed by atoms with Crippen LogP contribution in [0.1, 0.15) is 31.4 Å². The van der Waals surface area contributed by atoms with E-state index in [4.69, 9.17) is 9.47 Å². The molecule has 10 nitrogen and oxygen atoms in total. The van der Waals surface area contributed by atoms with Crippen molar-refractivity contribution in [3.63, 3.8) is 0 Å². The van der Waals surface area contributed by atoms with Crippen LogP contribution in [0.15, 0.2) is 24.4 Å². The lowest BCUT2D eigenvalue weighted by Crippen LogP contribution is -2.36. The molecular weight excluding hydrogens is 432 g/mol. The van der Waals surface area contributed by atoms with E-state index in [-0.39, 0.29) is 24.7 Å². The van der Waals surface area contributed by atoms with Crippen LogP contribution in [0.5, 0.6) is 11.5 Å². The van der Waals surface area contributed by atoms with E-state index in [0.717, 1.165) is 41.0 Å². The standard InChI is InChI=1S/C21H26N6O4S/c1-22-20(29)27-19-23-8-7-12(24-19)11-31-13-9-16(30-2)18-17(10-13)32-21(26-18)25-14-5-3-4-6-15(14)28/h7-10,14-15,28H,3-6,11H2,1-2H3,(H,25,26)(H2,22,23,24,27,29)/t14-,15-/m0/s1. The van der Waals surface area contributed by atoms with E-state index in [1.165, 1.54) is 18.4 Å². The second-order valence-corrected chi connectivity index (χ2v) is 8.49. The maximum Gasteiger partial charge on any atom is 0.321 e. The Labute approximate surface area is 189 Å². The van der Waals surface area contributed by atoms with Gasteiger partial charge in [-0.2, -0.15) is 0 Å². The van der Waals surface area contributed by atoms with Crippen LogP contribution in [0.4, 0.5) is 15.9 Å². The number of urea groups is 1. The molecule has 1 aliphatic rings. The Kier molecular flexibility index (Phi) is 6.86. The number of hydrogen-bond donors (Lipinski definition) is 4. The minimum absolute atomic E-state index is 0.0152. The van der Waals surface area contributed by atoms with Crippen LogP contribution in [0.3, 0.4) is 0 Å². The van der Waals surface area contributed by atoms with Crippen molar-refractivity contribution in [2.75, 3.05) is 24.8 Å². The maximum absolute atomic E-state index is 11.4. The maximum atomic E-state index is 11.4. The Morgan fingerprint density at radius 3 is 2.91 bits per heavy atom. The van der Waals surface area contributed by atoms with E-state index in [1.807, 2.05) is 6.07 Å². The SMILES string of the molecule is CNC(=O)Nc1nccc(COc2cc(OC)c3nc(N[C@H]4CCCC[C@@H]4O)sc3c2)n1. The van der Waals surface area contributed by atoms with Crippen LogP contribution in [-0.2, 0) is 6.61 Å². The molecule has 1 aliphatic carbocycles. The Balaban J connectivity index is 1.48. The largest absolute Gasteiger partial charge is 0.494 e. The van der Waals surface area contributed by atoms with Gasteiger partial charge in [-0.15, -0.1) is 0 Å². The summed E-state index contributed by atoms with van der Waals surface area (Å²) in [6.07, 6.45) is 5.10. The summed E-state index contributed by atoms with van der Waals surface area (Å²) in [6.45, 7) is 0.192. The van der Waals surface area contributed by atoms with Crippen LogP contribution in [0, 0.1) is 0 Å². The number of amides is 2. The van der Waals surface area contributed by atoms with Crippen LogP contribution < -0.4 is 25.4 Å². The highest BCUT2D eigenvalue weighted by Crippen LogP contribution is 2.37. The summed E-state index contributed by atoms with van der Waals surface area (Å²) in [5, 5.41) is 19.4. The summed E-state index contributed by atoms with van der Waals surface area (Å²) < 4.78 is 12.4. The number of hydrogen-bond acceptors (Lipinski definition) is 9. The minimum atomic E-state index is -0.395. The van der Waals surface area contributed by atoms with Gasteiger partial charge in [-0.3, -0.25) is 5.32 Å². The number of carbonyl (C=O) groups excluding carboxylic acids is 1. The normalized spacial score (nSPS) is 18.2. The zero-order valence-electron chi connectivity index (χ0n) is 17.9. The monoisotopic (exact) mass is 458 g/mol. The molecule has 0 bridgehead atoms. The first-order valence-electron chi connectivity index (χ1n) is 10.4. The van der Waals surface area contributed by atoms with E-state index in [2.05, 4.69) is 30.9 Å². The molecule has 11 heteroatoms. The van der Waals surface area contributed by atoms with Gasteiger partial charge in [0, 0.05) is 19.3 Å². The fourth-order valence-corrected chi connectivity index (χ4v) is 4.55. The number of rotatable bonds is 7. The third-order valence-corrected chi connectivity index (χ3v) is 6.18. The molecule has 170 valence electrons. The summed E-state index contributed by atoms with van der Waals surface area (Å²) in [7, 11) is 3.11. The molecule has 2 aromatic heterocycles. The van der Waals surface area contributed by atoms with Crippen molar-refractivity contribution in [2.45, 2.75) is 44.4 Å². The average Bonchev–Trinajstić information content (AvgIpc) is 3.21. The number of aromatic nitrogens is 3. The van der Waals surface area contributed by atoms with E-state index in [0.29, 0.717) is 17.2 Å². The number of aliphatic hydroxyl groups is 1. The summed E-state index contributed by atoms with van der Waals surface area (Å²) in [6, 6.07) is 5.03. The van der Waals surface area contributed by atoms with Gasteiger partial charge >= 0.3 is 6.03 Å². The molecular formula is C21H26N6O4S. The van der Waals surface area contributed by atoms with Crippen LogP contribution in [0.25, 0.3) is 10.2 Å². The van der Waals surface area contributed by atoms with Crippen molar-refractivity contribution in [2.24, 2.45) is 0 Å². The molecule has 3 aromatic rings. The van der Waals surface area contributed by atoms with Crippen LogP contribution in [-0.4, -0.2) is 52.4 Å². The van der Waals surface area contributed by atoms with Gasteiger partial charge in [0.05, 0.1) is 29.6 Å². The molecule has 0 spiro atoms. The molecule has 1 fully saturated rings. The van der Waals surface area contributed by atoms with Crippen LogP contribution in [0.2, 0.25) is 0 Å². The minimum Gasteiger partial charge on any atom is -0.494 e. The third kappa shape index (κ3) is 5.17. The molecule has 1 saturated carbocycles. The first-order valence-corrected chi connectivity index (χ1v) is 11.2. The van der Waals surface area contributed by atoms with Gasteiger partial charge in [-0.05, 0) is 25.0 Å². The fourth-order valence-electron chi connectivity index (χ4n) is 3.57. The molecule has 32 heavy (non-hydrogen) atoms. The van der Waals surface area contributed by atoms with E-state index in [9.17, 15) is 9.90 Å². The first-order chi connectivity index (χ1) is 15.6. The topological polar surface area (TPSA) is 131 Å². The lowest BCUT2D eigenvalue weighted by Gasteiger charge is -2.27. The molecule has 2 atom stereocenters. The highest BCUT2D eigenvalue weighted by Gasteiger charge is 2.24. The second kappa shape index (κ2) is 9.96. The van der Waals surface area contributed by atoms with Crippen molar-refractivity contribution < 1.29 is 19.4 Å². The van der Waals surface area contributed by atoms with Gasteiger partial charge in [0.25, 0.3) is 0 Å². The second-order valence-electron chi connectivity index (χ2n) is 7.46. The highest BCUT2D eigenvalue weighted by molar-refractivity contribution is 7.22. The number of benzene rings is 1. The van der Waals surface area contributed by atoms with E-state index < -0.39 is 6.03 Å². The number of nitrogens with zero attached hydrogens (tertiary/aromatic N) is 3. The number of methoxy groups -OCH3 is 1.